The van der Waals surface area contributed by atoms with E-state index in [1.54, 1.807) is 12.3 Å². The van der Waals surface area contributed by atoms with Gasteiger partial charge >= 0.3 is 6.18 Å². The second-order valence-corrected chi connectivity index (χ2v) is 8.52. The maximum Gasteiger partial charge on any atom is 0.417 e. The van der Waals surface area contributed by atoms with Crippen LogP contribution in [0.4, 0.5) is 18.9 Å². The molecule has 0 bridgehead atoms. The van der Waals surface area contributed by atoms with E-state index < -0.39 is 26.5 Å². The summed E-state index contributed by atoms with van der Waals surface area (Å²) < 4.78 is 65.3. The molecule has 0 aliphatic rings. The van der Waals surface area contributed by atoms with Crippen LogP contribution in [0.25, 0.3) is 11.4 Å². The number of H-pyrrole nitrogens is 1. The van der Waals surface area contributed by atoms with Crippen LogP contribution in [0.2, 0.25) is 0 Å². The second kappa shape index (κ2) is 7.99. The topological polar surface area (TPSA) is 154 Å². The van der Waals surface area contributed by atoms with Gasteiger partial charge in [0.25, 0.3) is 0 Å². The van der Waals surface area contributed by atoms with Gasteiger partial charge in [0, 0.05) is 24.6 Å². The average molecular weight is 441 g/mol. The molecule has 3 aromatic rings. The molecule has 1 aromatic carbocycles. The van der Waals surface area contributed by atoms with Gasteiger partial charge in [-0.25, -0.2) is 8.42 Å². The number of alkyl halides is 3. The van der Waals surface area contributed by atoms with E-state index in [1.165, 1.54) is 6.07 Å². The Hall–Kier alpha value is -3.06. The van der Waals surface area contributed by atoms with Crippen molar-refractivity contribution in [3.63, 3.8) is 0 Å². The predicted molar refractivity (Wildman–Crippen MR) is 102 cm³/mol. The van der Waals surface area contributed by atoms with Gasteiger partial charge in [0.15, 0.2) is 9.84 Å². The fourth-order valence-electron chi connectivity index (χ4n) is 3.09. The Balaban J connectivity index is 2.12. The molecule has 0 aliphatic carbocycles. The van der Waals surface area contributed by atoms with Crippen molar-refractivity contribution in [1.29, 1.82) is 0 Å². The monoisotopic (exact) mass is 441 g/mol. The van der Waals surface area contributed by atoms with Gasteiger partial charge in [-0.2, -0.15) is 18.4 Å². The predicted octanol–water partition coefficient (Wildman–Crippen LogP) is 1.51. The minimum Gasteiger partial charge on any atom is -0.397 e. The molecular formula is C17H18F3N7O2S. The number of nitrogens with zero attached hydrogens (tertiary/aromatic N) is 4. The molecule has 9 nitrogen and oxygen atoms in total. The Morgan fingerprint density at radius 2 is 1.93 bits per heavy atom. The molecule has 5 N–H and O–H groups in total. The van der Waals surface area contributed by atoms with Crippen LogP contribution in [0.5, 0.6) is 0 Å². The molecule has 0 spiro atoms. The molecule has 30 heavy (non-hydrogen) atoms. The maximum atomic E-state index is 13.5. The van der Waals surface area contributed by atoms with E-state index in [0.717, 1.165) is 6.07 Å². The summed E-state index contributed by atoms with van der Waals surface area (Å²) in [5, 5.41) is 12.9. The Kier molecular flexibility index (Phi) is 5.76. The Bertz CT molecular complexity index is 1160. The fourth-order valence-corrected chi connectivity index (χ4v) is 4.27. The third kappa shape index (κ3) is 4.41. The summed E-state index contributed by atoms with van der Waals surface area (Å²) in [6, 6.07) is 3.64. The number of benzene rings is 1. The second-order valence-electron chi connectivity index (χ2n) is 6.57. The highest BCUT2D eigenvalue weighted by Gasteiger charge is 2.39. The van der Waals surface area contributed by atoms with Gasteiger partial charge in [-0.05, 0) is 41.3 Å². The molecule has 2 aromatic heterocycles. The van der Waals surface area contributed by atoms with Crippen LogP contribution in [-0.4, -0.2) is 40.3 Å². The molecule has 160 valence electrons. The first-order valence-electron chi connectivity index (χ1n) is 8.62. The largest absolute Gasteiger partial charge is 0.417 e. The number of tetrazole rings is 1. The lowest BCUT2D eigenvalue weighted by atomic mass is 9.97. The minimum atomic E-state index is -4.88. The zero-order valence-corrected chi connectivity index (χ0v) is 16.5. The summed E-state index contributed by atoms with van der Waals surface area (Å²) in [5.41, 5.74) is 11.8. The molecule has 0 amide bonds. The van der Waals surface area contributed by atoms with E-state index in [0.29, 0.717) is 35.2 Å². The molecule has 0 saturated heterocycles. The number of nitrogens with two attached hydrogens (primary N) is 2. The highest BCUT2D eigenvalue weighted by Crippen LogP contribution is 2.40. The fraction of sp³-hybridized carbons (Fsp3) is 0.294. The van der Waals surface area contributed by atoms with Crippen molar-refractivity contribution in [2.75, 3.05) is 12.0 Å². The molecule has 0 aliphatic heterocycles. The number of aryl methyl sites for hydroxylation is 2. The molecular weight excluding hydrogens is 423 g/mol. The number of aromatic amines is 1. The first kappa shape index (κ1) is 21.6. The number of nitrogens with one attached hydrogen (secondary N) is 1. The lowest BCUT2D eigenvalue weighted by Gasteiger charge is -2.17. The Labute approximate surface area is 169 Å². The Morgan fingerprint density at radius 1 is 1.20 bits per heavy atom. The zero-order chi connectivity index (χ0) is 22.1. The number of hydrogen-bond acceptors (Lipinski definition) is 8. The molecule has 3 rings (SSSR count). The summed E-state index contributed by atoms with van der Waals surface area (Å²) in [6.45, 7) is 0.171. The smallest absolute Gasteiger partial charge is 0.397 e. The van der Waals surface area contributed by atoms with E-state index in [4.69, 9.17) is 11.5 Å². The molecule has 0 radical (unpaired) electrons. The first-order valence-corrected chi connectivity index (χ1v) is 10.5. The summed E-state index contributed by atoms with van der Waals surface area (Å²) >= 11 is 0. The van der Waals surface area contributed by atoms with Crippen molar-refractivity contribution >= 4 is 15.5 Å². The lowest BCUT2D eigenvalue weighted by Crippen LogP contribution is -2.15. The summed E-state index contributed by atoms with van der Waals surface area (Å²) in [6.07, 6.45) is -2.09. The van der Waals surface area contributed by atoms with Gasteiger partial charge in [0.2, 0.25) is 5.82 Å². The number of rotatable bonds is 6. The average Bonchev–Trinajstić information content (AvgIpc) is 3.18. The number of hydrogen-bond donors (Lipinski definition) is 3. The molecule has 13 heteroatoms. The van der Waals surface area contributed by atoms with E-state index in [-0.39, 0.29) is 24.4 Å². The third-order valence-corrected chi connectivity index (χ3v) is 5.59. The van der Waals surface area contributed by atoms with Crippen molar-refractivity contribution in [2.24, 2.45) is 5.73 Å². The van der Waals surface area contributed by atoms with Crippen molar-refractivity contribution in [3.8, 4) is 11.4 Å². The quantitative estimate of drug-likeness (QED) is 0.520. The van der Waals surface area contributed by atoms with E-state index in [9.17, 15) is 21.6 Å². The number of pyridine rings is 1. The summed E-state index contributed by atoms with van der Waals surface area (Å²) in [4.78, 5) is 3.27. The number of anilines is 1. The van der Waals surface area contributed by atoms with E-state index >= 15 is 0 Å². The van der Waals surface area contributed by atoms with Gasteiger partial charge in [0.1, 0.15) is 0 Å². The maximum absolute atomic E-state index is 13.5. The highest BCUT2D eigenvalue weighted by molar-refractivity contribution is 7.91. The number of halogens is 3. The standard InChI is InChI=1S/C17H18F3N7O2S/c1-30(28,29)15-11(17(18,19)20)5-4-10(14(15)16-24-26-27-25-16)3-2-9-6-12(22)13(7-21)23-8-9/h4-6,8H,2-3,7,21-22H2,1H3,(H,24,25,26,27). The number of aromatic nitrogens is 5. The van der Waals surface area contributed by atoms with Crippen molar-refractivity contribution < 1.29 is 21.6 Å². The molecule has 0 unspecified atom stereocenters. The Morgan fingerprint density at radius 3 is 2.47 bits per heavy atom. The van der Waals surface area contributed by atoms with Gasteiger partial charge in [-0.15, -0.1) is 10.2 Å². The summed E-state index contributed by atoms with van der Waals surface area (Å²) in [7, 11) is -4.28. The van der Waals surface area contributed by atoms with Crippen molar-refractivity contribution in [1.82, 2.24) is 25.6 Å². The number of sulfone groups is 1. The first-order chi connectivity index (χ1) is 14.0. The third-order valence-electron chi connectivity index (χ3n) is 4.43. The SMILES string of the molecule is CS(=O)(=O)c1c(C(F)(F)F)ccc(CCc2cnc(CN)c(N)c2)c1-c1nn[nH]n1. The summed E-state index contributed by atoms with van der Waals surface area (Å²) in [5.74, 6) is -0.243. The lowest BCUT2D eigenvalue weighted by molar-refractivity contribution is -0.139. The molecule has 0 saturated carbocycles. The van der Waals surface area contributed by atoms with Crippen molar-refractivity contribution in [3.05, 3.63) is 46.8 Å². The zero-order valence-electron chi connectivity index (χ0n) is 15.7. The van der Waals surface area contributed by atoms with Gasteiger partial charge in [-0.1, -0.05) is 6.07 Å². The van der Waals surface area contributed by atoms with Gasteiger partial charge < -0.3 is 11.5 Å². The van der Waals surface area contributed by atoms with E-state index in [2.05, 4.69) is 25.6 Å². The normalized spacial score (nSPS) is 12.3. The van der Waals surface area contributed by atoms with E-state index in [1.807, 2.05) is 0 Å². The molecule has 2 heterocycles. The van der Waals surface area contributed by atoms with Crippen LogP contribution in [0.3, 0.4) is 0 Å². The van der Waals surface area contributed by atoms with Crippen LogP contribution >= 0.6 is 0 Å². The highest BCUT2D eigenvalue weighted by atomic mass is 32.2. The van der Waals surface area contributed by atoms with Crippen LogP contribution in [0.15, 0.2) is 29.3 Å². The van der Waals surface area contributed by atoms with Crippen LogP contribution in [0, 0.1) is 0 Å². The van der Waals surface area contributed by atoms with Crippen molar-refractivity contribution in [2.45, 2.75) is 30.5 Å². The van der Waals surface area contributed by atoms with Crippen LogP contribution < -0.4 is 11.5 Å². The number of nitrogen functional groups attached to an aromatic ring is 1. The van der Waals surface area contributed by atoms with Gasteiger partial charge in [0.05, 0.1) is 21.8 Å². The van der Waals surface area contributed by atoms with Crippen LogP contribution in [0.1, 0.15) is 22.4 Å². The van der Waals surface area contributed by atoms with Crippen LogP contribution in [-0.2, 0) is 35.4 Å². The minimum absolute atomic E-state index is 0.171. The van der Waals surface area contributed by atoms with Gasteiger partial charge in [-0.3, -0.25) is 4.98 Å². The molecule has 0 atom stereocenters. The molecule has 0 fully saturated rings.